The second-order valence-corrected chi connectivity index (χ2v) is 7.05. The molecule has 0 aliphatic heterocycles. The molecule has 0 radical (unpaired) electrons. The van der Waals surface area contributed by atoms with Gasteiger partial charge in [0, 0.05) is 26.3 Å². The van der Waals surface area contributed by atoms with Crippen LogP contribution in [0.25, 0.3) is 23.2 Å². The molecule has 0 N–H and O–H groups in total. The van der Waals surface area contributed by atoms with Crippen molar-refractivity contribution in [2.45, 2.75) is 20.4 Å². The summed E-state index contributed by atoms with van der Waals surface area (Å²) in [6.07, 6.45) is 3.70. The summed E-state index contributed by atoms with van der Waals surface area (Å²) in [6.45, 7) is 4.00. The van der Waals surface area contributed by atoms with Gasteiger partial charge in [0.05, 0.1) is 5.69 Å². The Hall–Kier alpha value is -3.68. The topological polar surface area (TPSA) is 79.6 Å². The van der Waals surface area contributed by atoms with Gasteiger partial charge in [-0.25, -0.2) is 9.48 Å². The molecule has 3 heterocycles. The molecule has 0 fully saturated rings. The van der Waals surface area contributed by atoms with Crippen molar-refractivity contribution in [2.24, 2.45) is 14.1 Å². The predicted molar refractivity (Wildman–Crippen MR) is 112 cm³/mol. The lowest BCUT2D eigenvalue weighted by Crippen LogP contribution is -2.39. The summed E-state index contributed by atoms with van der Waals surface area (Å²) in [4.78, 5) is 30.5. The van der Waals surface area contributed by atoms with Crippen molar-refractivity contribution >= 4 is 17.2 Å². The molecule has 0 aliphatic carbocycles. The number of imidazole rings is 1. The second kappa shape index (κ2) is 7.05. The number of aromatic nitrogens is 6. The fraction of sp³-hybridized carbons (Fsp3) is 0.238. The van der Waals surface area contributed by atoms with E-state index in [-0.39, 0.29) is 12.1 Å². The molecule has 0 bridgehead atoms. The van der Waals surface area contributed by atoms with Crippen LogP contribution in [0.2, 0.25) is 0 Å². The molecule has 148 valence electrons. The number of aryl methyl sites for hydroxylation is 4. The Morgan fingerprint density at radius 3 is 2.41 bits per heavy atom. The van der Waals surface area contributed by atoms with Gasteiger partial charge in [-0.05, 0) is 25.5 Å². The van der Waals surface area contributed by atoms with Crippen molar-refractivity contribution < 1.29 is 0 Å². The first-order chi connectivity index (χ1) is 13.9. The van der Waals surface area contributed by atoms with Crippen LogP contribution in [0.15, 0.2) is 52.1 Å². The van der Waals surface area contributed by atoms with Crippen molar-refractivity contribution in [2.75, 3.05) is 0 Å². The van der Waals surface area contributed by atoms with Crippen molar-refractivity contribution in [3.63, 3.8) is 0 Å². The molecule has 0 aliphatic rings. The lowest BCUT2D eigenvalue weighted by atomic mass is 10.2. The summed E-state index contributed by atoms with van der Waals surface area (Å²) in [5.41, 5.74) is 2.69. The van der Waals surface area contributed by atoms with E-state index in [4.69, 9.17) is 0 Å². The van der Waals surface area contributed by atoms with Crippen LogP contribution >= 0.6 is 0 Å². The first kappa shape index (κ1) is 18.7. The van der Waals surface area contributed by atoms with E-state index >= 15 is 0 Å². The average Bonchev–Trinajstić information content (AvgIpc) is 3.22. The summed E-state index contributed by atoms with van der Waals surface area (Å²) in [5, 5.41) is 4.45. The number of hydrogen-bond acceptors (Lipinski definition) is 4. The Bertz CT molecular complexity index is 1350. The van der Waals surface area contributed by atoms with Crippen LogP contribution in [0.3, 0.4) is 0 Å². The van der Waals surface area contributed by atoms with Crippen LogP contribution in [-0.2, 0) is 20.6 Å². The maximum absolute atomic E-state index is 13.1. The minimum absolute atomic E-state index is 0.177. The number of rotatable bonds is 4. The molecule has 3 aromatic heterocycles. The summed E-state index contributed by atoms with van der Waals surface area (Å²) in [5.74, 6) is 0.496. The average molecular weight is 390 g/mol. The SMILES string of the molecule is Cc1cc(C)n(-c2nc3c(c(=O)n(C/C=C/c4ccccc4)c(=O)n3C)n2C)n1. The standard InChI is InChI=1S/C21H22N6O2/c1-14-13-15(2)27(23-14)20-22-18-17(24(20)3)19(28)26(21(29)25(18)4)12-8-11-16-9-6-5-7-10-16/h5-11,13H,12H2,1-4H3/b11-8+. The molecule has 8 heteroatoms. The van der Waals surface area contributed by atoms with Crippen molar-refractivity contribution in [1.82, 2.24) is 28.5 Å². The van der Waals surface area contributed by atoms with Crippen molar-refractivity contribution in [3.05, 3.63) is 80.3 Å². The summed E-state index contributed by atoms with van der Waals surface area (Å²) in [6, 6.07) is 11.7. The lowest BCUT2D eigenvalue weighted by Gasteiger charge is -2.06. The Labute approximate surface area is 167 Å². The molecule has 0 atom stereocenters. The molecule has 0 saturated heterocycles. The summed E-state index contributed by atoms with van der Waals surface area (Å²) < 4.78 is 5.99. The predicted octanol–water partition coefficient (Wildman–Crippen LogP) is 1.95. The zero-order valence-electron chi connectivity index (χ0n) is 16.8. The Kier molecular flexibility index (Phi) is 4.54. The highest BCUT2D eigenvalue weighted by molar-refractivity contribution is 5.72. The van der Waals surface area contributed by atoms with E-state index in [1.807, 2.05) is 62.4 Å². The highest BCUT2D eigenvalue weighted by Crippen LogP contribution is 2.15. The fourth-order valence-corrected chi connectivity index (χ4v) is 3.47. The molecule has 0 unspecified atom stereocenters. The molecule has 1 aromatic carbocycles. The Balaban J connectivity index is 1.84. The van der Waals surface area contributed by atoms with Gasteiger partial charge in [0.15, 0.2) is 11.2 Å². The molecule has 4 aromatic rings. The summed E-state index contributed by atoms with van der Waals surface area (Å²) >= 11 is 0. The molecular formula is C21H22N6O2. The monoisotopic (exact) mass is 390 g/mol. The number of hydrogen-bond donors (Lipinski definition) is 0. The quantitative estimate of drug-likeness (QED) is 0.533. The smallest absolute Gasteiger partial charge is 0.306 e. The highest BCUT2D eigenvalue weighted by atomic mass is 16.2. The van der Waals surface area contributed by atoms with Gasteiger partial charge in [0.2, 0.25) is 5.95 Å². The summed E-state index contributed by atoms with van der Waals surface area (Å²) in [7, 11) is 3.39. The van der Waals surface area contributed by atoms with E-state index in [1.165, 1.54) is 9.13 Å². The van der Waals surface area contributed by atoms with Gasteiger partial charge in [0.25, 0.3) is 5.56 Å². The van der Waals surface area contributed by atoms with Crippen LogP contribution in [0.1, 0.15) is 17.0 Å². The van der Waals surface area contributed by atoms with Gasteiger partial charge in [-0.2, -0.15) is 10.1 Å². The highest BCUT2D eigenvalue weighted by Gasteiger charge is 2.20. The number of fused-ring (bicyclic) bond motifs is 1. The van der Waals surface area contributed by atoms with E-state index in [2.05, 4.69) is 10.1 Å². The third kappa shape index (κ3) is 3.12. The van der Waals surface area contributed by atoms with Crippen LogP contribution in [0.4, 0.5) is 0 Å². The van der Waals surface area contributed by atoms with E-state index in [9.17, 15) is 9.59 Å². The first-order valence-electron chi connectivity index (χ1n) is 9.30. The molecule has 0 amide bonds. The molecule has 0 spiro atoms. The maximum atomic E-state index is 13.1. The number of benzene rings is 1. The minimum atomic E-state index is -0.404. The van der Waals surface area contributed by atoms with Gasteiger partial charge in [-0.15, -0.1) is 0 Å². The Morgan fingerprint density at radius 2 is 1.76 bits per heavy atom. The molecule has 4 rings (SSSR count). The third-order valence-corrected chi connectivity index (χ3v) is 4.93. The molecule has 0 saturated carbocycles. The van der Waals surface area contributed by atoms with Crippen molar-refractivity contribution in [1.29, 1.82) is 0 Å². The molecule has 8 nitrogen and oxygen atoms in total. The fourth-order valence-electron chi connectivity index (χ4n) is 3.47. The zero-order chi connectivity index (χ0) is 20.7. The van der Waals surface area contributed by atoms with E-state index < -0.39 is 5.69 Å². The number of nitrogens with zero attached hydrogens (tertiary/aromatic N) is 6. The minimum Gasteiger partial charge on any atom is -0.306 e. The van der Waals surface area contributed by atoms with E-state index in [1.54, 1.807) is 23.3 Å². The second-order valence-electron chi connectivity index (χ2n) is 7.05. The normalized spacial score (nSPS) is 11.7. The van der Waals surface area contributed by atoms with Crippen LogP contribution in [0, 0.1) is 13.8 Å². The van der Waals surface area contributed by atoms with Crippen LogP contribution in [-0.4, -0.2) is 28.5 Å². The Morgan fingerprint density at radius 1 is 1.03 bits per heavy atom. The van der Waals surface area contributed by atoms with E-state index in [0.717, 1.165) is 17.0 Å². The zero-order valence-corrected chi connectivity index (χ0v) is 16.8. The largest absolute Gasteiger partial charge is 0.332 e. The van der Waals surface area contributed by atoms with Crippen molar-refractivity contribution in [3.8, 4) is 5.95 Å². The number of allylic oxidation sites excluding steroid dienone is 1. The van der Waals surface area contributed by atoms with Gasteiger partial charge in [0.1, 0.15) is 0 Å². The first-order valence-corrected chi connectivity index (χ1v) is 9.30. The van der Waals surface area contributed by atoms with Crippen LogP contribution < -0.4 is 11.2 Å². The van der Waals surface area contributed by atoms with Gasteiger partial charge >= 0.3 is 5.69 Å². The molecular weight excluding hydrogens is 368 g/mol. The van der Waals surface area contributed by atoms with Gasteiger partial charge < -0.3 is 4.57 Å². The van der Waals surface area contributed by atoms with E-state index in [0.29, 0.717) is 17.1 Å². The van der Waals surface area contributed by atoms with Gasteiger partial charge in [-0.1, -0.05) is 42.5 Å². The lowest BCUT2D eigenvalue weighted by molar-refractivity contribution is 0.666. The molecule has 29 heavy (non-hydrogen) atoms. The van der Waals surface area contributed by atoms with Crippen LogP contribution in [0.5, 0.6) is 0 Å². The third-order valence-electron chi connectivity index (χ3n) is 4.93. The maximum Gasteiger partial charge on any atom is 0.332 e. The van der Waals surface area contributed by atoms with Gasteiger partial charge in [-0.3, -0.25) is 13.9 Å².